The third-order valence-electron chi connectivity index (χ3n) is 1.95. The van der Waals surface area contributed by atoms with Gasteiger partial charge in [-0.3, -0.25) is 4.79 Å². The first kappa shape index (κ1) is 12.4. The summed E-state index contributed by atoms with van der Waals surface area (Å²) >= 11 is 0. The van der Waals surface area contributed by atoms with Crippen LogP contribution >= 0.6 is 0 Å². The van der Waals surface area contributed by atoms with E-state index in [9.17, 15) is 4.79 Å². The van der Waals surface area contributed by atoms with Gasteiger partial charge in [-0.15, -0.1) is 0 Å². The van der Waals surface area contributed by atoms with Crippen molar-refractivity contribution in [2.45, 2.75) is 45.6 Å². The molecule has 0 amide bonds. The lowest BCUT2D eigenvalue weighted by molar-refractivity contribution is -0.147. The zero-order chi connectivity index (χ0) is 10.1. The van der Waals surface area contributed by atoms with E-state index >= 15 is 0 Å². The van der Waals surface area contributed by atoms with Crippen LogP contribution in [-0.2, 0) is 14.3 Å². The normalized spacial score (nSPS) is 12.5. The van der Waals surface area contributed by atoms with E-state index in [1.807, 2.05) is 6.92 Å². The van der Waals surface area contributed by atoms with Crippen LogP contribution in [0.2, 0.25) is 0 Å². The average Bonchev–Trinajstić information content (AvgIpc) is 2.16. The van der Waals surface area contributed by atoms with Crippen LogP contribution < -0.4 is 0 Å². The lowest BCUT2D eigenvalue weighted by Crippen LogP contribution is -2.19. The number of methoxy groups -OCH3 is 1. The van der Waals surface area contributed by atoms with Crippen molar-refractivity contribution in [1.82, 2.24) is 0 Å². The number of hydrogen-bond acceptors (Lipinski definition) is 3. The summed E-state index contributed by atoms with van der Waals surface area (Å²) in [6, 6.07) is 0. The van der Waals surface area contributed by atoms with Crippen LogP contribution in [0.4, 0.5) is 0 Å². The molecule has 78 valence electrons. The molecule has 0 saturated heterocycles. The fourth-order valence-electron chi connectivity index (χ4n) is 0.932. The molecule has 3 nitrogen and oxygen atoms in total. The zero-order valence-electron chi connectivity index (χ0n) is 8.84. The van der Waals surface area contributed by atoms with Crippen molar-refractivity contribution in [3.63, 3.8) is 0 Å². The molecule has 0 aromatic carbocycles. The first-order chi connectivity index (χ1) is 6.24. The molecule has 0 radical (unpaired) electrons. The van der Waals surface area contributed by atoms with E-state index in [1.54, 1.807) is 7.11 Å². The SMILES string of the molecule is CCCCC(=O)OCC(CC)OC. The van der Waals surface area contributed by atoms with Gasteiger partial charge in [0.05, 0.1) is 6.10 Å². The van der Waals surface area contributed by atoms with Gasteiger partial charge in [-0.25, -0.2) is 0 Å². The first-order valence-electron chi connectivity index (χ1n) is 4.93. The maximum atomic E-state index is 11.1. The van der Waals surface area contributed by atoms with Crippen molar-refractivity contribution in [3.8, 4) is 0 Å². The highest BCUT2D eigenvalue weighted by molar-refractivity contribution is 5.69. The molecule has 0 aromatic rings. The van der Waals surface area contributed by atoms with Crippen molar-refractivity contribution in [1.29, 1.82) is 0 Å². The molecular formula is C10H20O3. The fraction of sp³-hybridized carbons (Fsp3) is 0.900. The van der Waals surface area contributed by atoms with Gasteiger partial charge in [0.25, 0.3) is 0 Å². The number of carbonyl (C=O) groups excluding carboxylic acids is 1. The van der Waals surface area contributed by atoms with E-state index in [4.69, 9.17) is 9.47 Å². The van der Waals surface area contributed by atoms with Crippen LogP contribution in [-0.4, -0.2) is 25.8 Å². The maximum absolute atomic E-state index is 11.1. The summed E-state index contributed by atoms with van der Waals surface area (Å²) in [5.41, 5.74) is 0. The predicted molar refractivity (Wildman–Crippen MR) is 51.6 cm³/mol. The largest absolute Gasteiger partial charge is 0.463 e. The van der Waals surface area contributed by atoms with Gasteiger partial charge in [-0.2, -0.15) is 0 Å². The molecule has 0 spiro atoms. The van der Waals surface area contributed by atoms with Gasteiger partial charge in [-0.05, 0) is 12.8 Å². The van der Waals surface area contributed by atoms with Crippen LogP contribution in [0.3, 0.4) is 0 Å². The van der Waals surface area contributed by atoms with Crippen LogP contribution in [0.15, 0.2) is 0 Å². The van der Waals surface area contributed by atoms with E-state index in [0.717, 1.165) is 19.3 Å². The minimum Gasteiger partial charge on any atom is -0.463 e. The van der Waals surface area contributed by atoms with Gasteiger partial charge in [0.15, 0.2) is 0 Å². The molecule has 1 atom stereocenters. The van der Waals surface area contributed by atoms with E-state index in [1.165, 1.54) is 0 Å². The average molecular weight is 188 g/mol. The zero-order valence-corrected chi connectivity index (χ0v) is 8.84. The second-order valence-electron chi connectivity index (χ2n) is 3.05. The second-order valence-corrected chi connectivity index (χ2v) is 3.05. The highest BCUT2D eigenvalue weighted by atomic mass is 16.6. The summed E-state index contributed by atoms with van der Waals surface area (Å²) < 4.78 is 10.1. The predicted octanol–water partition coefficient (Wildman–Crippen LogP) is 2.14. The van der Waals surface area contributed by atoms with Gasteiger partial charge < -0.3 is 9.47 Å². The number of carbonyl (C=O) groups is 1. The van der Waals surface area contributed by atoms with Crippen molar-refractivity contribution >= 4 is 5.97 Å². The van der Waals surface area contributed by atoms with E-state index in [0.29, 0.717) is 13.0 Å². The lowest BCUT2D eigenvalue weighted by atomic mass is 10.2. The minimum absolute atomic E-state index is 0.0468. The smallest absolute Gasteiger partial charge is 0.305 e. The molecule has 0 fully saturated rings. The molecule has 0 bridgehead atoms. The molecule has 0 aromatic heterocycles. The molecular weight excluding hydrogens is 168 g/mol. The molecule has 0 aliphatic heterocycles. The van der Waals surface area contributed by atoms with Crippen molar-refractivity contribution in [3.05, 3.63) is 0 Å². The molecule has 1 unspecified atom stereocenters. The lowest BCUT2D eigenvalue weighted by Gasteiger charge is -2.12. The Hall–Kier alpha value is -0.570. The van der Waals surface area contributed by atoms with Crippen LogP contribution in [0.5, 0.6) is 0 Å². The van der Waals surface area contributed by atoms with Crippen LogP contribution in [0, 0.1) is 0 Å². The summed E-state index contributed by atoms with van der Waals surface area (Å²) in [6.07, 6.45) is 3.37. The molecule has 0 rings (SSSR count). The fourth-order valence-corrected chi connectivity index (χ4v) is 0.932. The van der Waals surface area contributed by atoms with Gasteiger partial charge >= 0.3 is 5.97 Å². The van der Waals surface area contributed by atoms with Gasteiger partial charge in [0, 0.05) is 13.5 Å². The molecule has 3 heteroatoms. The molecule has 13 heavy (non-hydrogen) atoms. The molecule has 0 heterocycles. The number of unbranched alkanes of at least 4 members (excludes halogenated alkanes) is 1. The number of esters is 1. The number of ether oxygens (including phenoxy) is 2. The van der Waals surface area contributed by atoms with Crippen molar-refractivity contribution < 1.29 is 14.3 Å². The minimum atomic E-state index is -0.114. The Morgan fingerprint density at radius 2 is 2.08 bits per heavy atom. The van der Waals surface area contributed by atoms with Crippen molar-refractivity contribution in [2.75, 3.05) is 13.7 Å². The Labute approximate surface area is 80.4 Å². The van der Waals surface area contributed by atoms with Crippen LogP contribution in [0.25, 0.3) is 0 Å². The molecule has 0 aliphatic carbocycles. The van der Waals surface area contributed by atoms with Crippen LogP contribution in [0.1, 0.15) is 39.5 Å². The highest BCUT2D eigenvalue weighted by Crippen LogP contribution is 2.00. The van der Waals surface area contributed by atoms with Gasteiger partial charge in [0.1, 0.15) is 6.61 Å². The van der Waals surface area contributed by atoms with Gasteiger partial charge in [-0.1, -0.05) is 20.3 Å². The number of rotatable bonds is 7. The summed E-state index contributed by atoms with van der Waals surface area (Å²) in [7, 11) is 1.63. The summed E-state index contributed by atoms with van der Waals surface area (Å²) in [4.78, 5) is 11.1. The third kappa shape index (κ3) is 6.58. The second kappa shape index (κ2) is 8.05. The van der Waals surface area contributed by atoms with Gasteiger partial charge in [0.2, 0.25) is 0 Å². The third-order valence-corrected chi connectivity index (χ3v) is 1.95. The summed E-state index contributed by atoms with van der Waals surface area (Å²) in [5.74, 6) is -0.114. The first-order valence-corrected chi connectivity index (χ1v) is 4.93. The Balaban J connectivity index is 3.44. The number of hydrogen-bond donors (Lipinski definition) is 0. The quantitative estimate of drug-likeness (QED) is 0.574. The standard InChI is InChI=1S/C10H20O3/c1-4-6-7-10(11)13-8-9(5-2)12-3/h9H,4-8H2,1-3H3. The van der Waals surface area contributed by atoms with E-state index in [2.05, 4.69) is 6.92 Å². The topological polar surface area (TPSA) is 35.5 Å². The summed E-state index contributed by atoms with van der Waals surface area (Å²) in [6.45, 7) is 4.45. The molecule has 0 aliphatic rings. The summed E-state index contributed by atoms with van der Waals surface area (Å²) in [5, 5.41) is 0. The highest BCUT2D eigenvalue weighted by Gasteiger charge is 2.07. The Morgan fingerprint density at radius 1 is 1.38 bits per heavy atom. The monoisotopic (exact) mass is 188 g/mol. The Kier molecular flexibility index (Phi) is 7.69. The van der Waals surface area contributed by atoms with Crippen molar-refractivity contribution in [2.24, 2.45) is 0 Å². The molecule has 0 N–H and O–H groups in total. The Bertz CT molecular complexity index is 130. The van der Waals surface area contributed by atoms with E-state index < -0.39 is 0 Å². The molecule has 0 saturated carbocycles. The van der Waals surface area contributed by atoms with E-state index in [-0.39, 0.29) is 12.1 Å². The Morgan fingerprint density at radius 3 is 2.54 bits per heavy atom. The maximum Gasteiger partial charge on any atom is 0.305 e.